The molecule has 29 heavy (non-hydrogen) atoms. The zero-order valence-electron chi connectivity index (χ0n) is 15.5. The summed E-state index contributed by atoms with van der Waals surface area (Å²) in [6, 6.07) is 17.3. The van der Waals surface area contributed by atoms with E-state index >= 15 is 0 Å². The van der Waals surface area contributed by atoms with Crippen molar-refractivity contribution in [2.75, 3.05) is 7.11 Å². The van der Waals surface area contributed by atoms with Crippen molar-refractivity contribution in [3.05, 3.63) is 95.1 Å². The fourth-order valence-corrected chi connectivity index (χ4v) is 3.86. The van der Waals surface area contributed by atoms with Gasteiger partial charge in [0.15, 0.2) is 11.6 Å². The van der Waals surface area contributed by atoms with Crippen LogP contribution in [0.5, 0.6) is 0 Å². The SMILES string of the molecule is COC(=O)[C@@H](NC(=O)c1cccc(F)c1F)C1c2ccccc2-c2ccccc21. The molecule has 0 aliphatic heterocycles. The fourth-order valence-electron chi connectivity index (χ4n) is 3.86. The lowest BCUT2D eigenvalue weighted by atomic mass is 9.89. The first kappa shape index (κ1) is 18.8. The smallest absolute Gasteiger partial charge is 0.329 e. The van der Waals surface area contributed by atoms with Gasteiger partial charge >= 0.3 is 5.97 Å². The second-order valence-corrected chi connectivity index (χ2v) is 6.73. The van der Waals surface area contributed by atoms with Crippen LogP contribution < -0.4 is 5.32 Å². The topological polar surface area (TPSA) is 55.4 Å². The molecule has 1 atom stereocenters. The van der Waals surface area contributed by atoms with Gasteiger partial charge in [-0.25, -0.2) is 13.6 Å². The van der Waals surface area contributed by atoms with Gasteiger partial charge in [-0.3, -0.25) is 4.79 Å². The standard InChI is InChI=1S/C23H17F2NO3/c1-29-23(28)21(26-22(27)17-11-6-12-18(24)20(17)25)19-15-9-4-2-7-13(15)14-8-3-5-10-16(14)19/h2-12,19,21H,1H3,(H,26,27)/t21-/m0/s1. The van der Waals surface area contributed by atoms with Gasteiger partial charge in [-0.1, -0.05) is 54.6 Å². The molecule has 4 rings (SSSR count). The van der Waals surface area contributed by atoms with E-state index in [0.717, 1.165) is 28.3 Å². The fraction of sp³-hybridized carbons (Fsp3) is 0.130. The molecule has 0 saturated carbocycles. The van der Waals surface area contributed by atoms with Gasteiger partial charge in [0, 0.05) is 5.92 Å². The third kappa shape index (κ3) is 3.16. The molecular weight excluding hydrogens is 376 g/mol. The number of esters is 1. The molecule has 0 fully saturated rings. The third-order valence-corrected chi connectivity index (χ3v) is 5.15. The third-order valence-electron chi connectivity index (χ3n) is 5.15. The Balaban J connectivity index is 1.78. The first-order chi connectivity index (χ1) is 14.0. The summed E-state index contributed by atoms with van der Waals surface area (Å²) in [5.41, 5.74) is 3.13. The Kier molecular flexibility index (Phi) is 4.84. The average Bonchev–Trinajstić information content (AvgIpc) is 3.07. The van der Waals surface area contributed by atoms with Crippen LogP contribution in [0.25, 0.3) is 11.1 Å². The Morgan fingerprint density at radius 3 is 2.07 bits per heavy atom. The summed E-state index contributed by atoms with van der Waals surface area (Å²) in [5, 5.41) is 2.56. The molecule has 3 aromatic carbocycles. The second-order valence-electron chi connectivity index (χ2n) is 6.73. The quantitative estimate of drug-likeness (QED) is 0.681. The number of rotatable bonds is 4. The zero-order valence-corrected chi connectivity index (χ0v) is 15.5. The lowest BCUT2D eigenvalue weighted by molar-refractivity contribution is -0.143. The van der Waals surface area contributed by atoms with Crippen molar-refractivity contribution in [1.82, 2.24) is 5.32 Å². The lowest BCUT2D eigenvalue weighted by Crippen LogP contribution is -2.45. The first-order valence-corrected chi connectivity index (χ1v) is 9.04. The number of hydrogen-bond donors (Lipinski definition) is 1. The van der Waals surface area contributed by atoms with E-state index in [9.17, 15) is 18.4 Å². The Labute approximate surface area is 166 Å². The van der Waals surface area contributed by atoms with E-state index in [0.29, 0.717) is 0 Å². The highest BCUT2D eigenvalue weighted by atomic mass is 19.2. The number of carbonyl (C=O) groups excluding carboxylic acids is 2. The van der Waals surface area contributed by atoms with Gasteiger partial charge < -0.3 is 10.1 Å². The number of ether oxygens (including phenoxy) is 1. The van der Waals surface area contributed by atoms with Gasteiger partial charge in [0.2, 0.25) is 0 Å². The van der Waals surface area contributed by atoms with E-state index in [2.05, 4.69) is 5.32 Å². The van der Waals surface area contributed by atoms with E-state index in [-0.39, 0.29) is 0 Å². The van der Waals surface area contributed by atoms with E-state index in [1.54, 1.807) is 0 Å². The molecule has 1 N–H and O–H groups in total. The maximum Gasteiger partial charge on any atom is 0.329 e. The molecule has 0 bridgehead atoms. The van der Waals surface area contributed by atoms with Gasteiger partial charge in [0.25, 0.3) is 5.91 Å². The van der Waals surface area contributed by atoms with Crippen LogP contribution >= 0.6 is 0 Å². The van der Waals surface area contributed by atoms with Crippen LogP contribution in [-0.2, 0) is 9.53 Å². The molecule has 0 unspecified atom stereocenters. The molecule has 1 aliphatic carbocycles. The highest BCUT2D eigenvalue weighted by Crippen LogP contribution is 2.46. The molecule has 3 aromatic rings. The Hall–Kier alpha value is -3.54. The minimum atomic E-state index is -1.26. The van der Waals surface area contributed by atoms with Crippen LogP contribution in [0, 0.1) is 11.6 Å². The van der Waals surface area contributed by atoms with Crippen LogP contribution in [-0.4, -0.2) is 25.0 Å². The number of hydrogen-bond acceptors (Lipinski definition) is 3. The van der Waals surface area contributed by atoms with Crippen LogP contribution in [0.3, 0.4) is 0 Å². The monoisotopic (exact) mass is 393 g/mol. The first-order valence-electron chi connectivity index (χ1n) is 9.04. The minimum Gasteiger partial charge on any atom is -0.467 e. The molecule has 6 heteroatoms. The number of nitrogens with one attached hydrogen (secondary N) is 1. The van der Waals surface area contributed by atoms with Crippen LogP contribution in [0.2, 0.25) is 0 Å². The lowest BCUT2D eigenvalue weighted by Gasteiger charge is -2.24. The number of amides is 1. The Bertz CT molecular complexity index is 1070. The van der Waals surface area contributed by atoms with Gasteiger partial charge in [0.1, 0.15) is 6.04 Å². The predicted molar refractivity (Wildman–Crippen MR) is 103 cm³/mol. The molecule has 1 aliphatic rings. The van der Waals surface area contributed by atoms with Crippen LogP contribution in [0.15, 0.2) is 66.7 Å². The van der Waals surface area contributed by atoms with Gasteiger partial charge in [-0.2, -0.15) is 0 Å². The number of methoxy groups -OCH3 is 1. The summed E-state index contributed by atoms with van der Waals surface area (Å²) >= 11 is 0. The normalized spacial score (nSPS) is 13.3. The van der Waals surface area contributed by atoms with Crippen molar-refractivity contribution in [1.29, 1.82) is 0 Å². The van der Waals surface area contributed by atoms with Crippen molar-refractivity contribution in [2.24, 2.45) is 0 Å². The summed E-state index contributed by atoms with van der Waals surface area (Å²) < 4.78 is 32.6. The summed E-state index contributed by atoms with van der Waals surface area (Å²) in [4.78, 5) is 25.3. The highest BCUT2D eigenvalue weighted by molar-refractivity contribution is 5.98. The van der Waals surface area contributed by atoms with Crippen molar-refractivity contribution in [3.63, 3.8) is 0 Å². The largest absolute Gasteiger partial charge is 0.467 e. The Morgan fingerprint density at radius 2 is 1.48 bits per heavy atom. The van der Waals surface area contributed by atoms with Gasteiger partial charge in [0.05, 0.1) is 12.7 Å². The molecule has 0 spiro atoms. The molecule has 0 radical (unpaired) electrons. The molecule has 146 valence electrons. The van der Waals surface area contributed by atoms with Crippen molar-refractivity contribution < 1.29 is 23.1 Å². The van der Waals surface area contributed by atoms with Gasteiger partial charge in [-0.05, 0) is 34.4 Å². The summed E-state index contributed by atoms with van der Waals surface area (Å²) in [6.07, 6.45) is 0. The van der Waals surface area contributed by atoms with Crippen LogP contribution in [0.1, 0.15) is 27.4 Å². The summed E-state index contributed by atoms with van der Waals surface area (Å²) in [5.74, 6) is -4.48. The van der Waals surface area contributed by atoms with Gasteiger partial charge in [-0.15, -0.1) is 0 Å². The highest BCUT2D eigenvalue weighted by Gasteiger charge is 2.39. The van der Waals surface area contributed by atoms with E-state index in [4.69, 9.17) is 4.74 Å². The second kappa shape index (κ2) is 7.47. The number of carbonyl (C=O) groups is 2. The molecular formula is C23H17F2NO3. The van der Waals surface area contributed by atoms with Crippen molar-refractivity contribution in [2.45, 2.75) is 12.0 Å². The van der Waals surface area contributed by atoms with Crippen molar-refractivity contribution >= 4 is 11.9 Å². The summed E-state index contributed by atoms with van der Waals surface area (Å²) in [7, 11) is 1.22. The maximum absolute atomic E-state index is 14.1. The van der Waals surface area contributed by atoms with Crippen molar-refractivity contribution in [3.8, 4) is 11.1 Å². The zero-order chi connectivity index (χ0) is 20.5. The molecule has 1 amide bonds. The molecule has 4 nitrogen and oxygen atoms in total. The van der Waals surface area contributed by atoms with E-state index in [1.165, 1.54) is 19.2 Å². The minimum absolute atomic E-state index is 0.474. The predicted octanol–water partition coefficient (Wildman–Crippen LogP) is 4.05. The number of fused-ring (bicyclic) bond motifs is 3. The summed E-state index contributed by atoms with van der Waals surface area (Å²) in [6.45, 7) is 0. The Morgan fingerprint density at radius 1 is 0.897 bits per heavy atom. The average molecular weight is 393 g/mol. The van der Waals surface area contributed by atoms with E-state index < -0.39 is 41.0 Å². The maximum atomic E-state index is 14.1. The van der Waals surface area contributed by atoms with Crippen LogP contribution in [0.4, 0.5) is 8.78 Å². The molecule has 0 aromatic heterocycles. The van der Waals surface area contributed by atoms with E-state index in [1.807, 2.05) is 48.5 Å². The number of halogens is 2. The number of benzene rings is 3. The molecule has 0 heterocycles. The molecule has 0 saturated heterocycles.